The Labute approximate surface area is 193 Å². The molecule has 0 radical (unpaired) electrons. The van der Waals surface area contributed by atoms with Gasteiger partial charge < -0.3 is 10.1 Å². The van der Waals surface area contributed by atoms with Crippen LogP contribution in [0.15, 0.2) is 65.8 Å². The van der Waals surface area contributed by atoms with Gasteiger partial charge in [0.05, 0.1) is 21.7 Å². The van der Waals surface area contributed by atoms with Crippen LogP contribution in [-0.2, 0) is 10.0 Å². The number of anilines is 1. The van der Waals surface area contributed by atoms with Gasteiger partial charge in [0, 0.05) is 28.1 Å². The van der Waals surface area contributed by atoms with E-state index in [4.69, 9.17) is 16.3 Å². The second kappa shape index (κ2) is 9.63. The molecular weight excluding hydrogens is 541 g/mol. The Morgan fingerprint density at radius 1 is 1.13 bits per heavy atom. The first kappa shape index (κ1) is 22.3. The van der Waals surface area contributed by atoms with Crippen LogP contribution < -0.4 is 14.8 Å². The summed E-state index contributed by atoms with van der Waals surface area (Å²) in [7, 11) is -3.82. The molecule has 0 spiro atoms. The van der Waals surface area contributed by atoms with E-state index in [1.807, 2.05) is 0 Å². The summed E-state index contributed by atoms with van der Waals surface area (Å²) < 4.78 is 34.5. The van der Waals surface area contributed by atoms with Gasteiger partial charge in [0.2, 0.25) is 0 Å². The molecule has 0 unspecified atom stereocenters. The van der Waals surface area contributed by atoms with E-state index in [1.165, 1.54) is 42.7 Å². The van der Waals surface area contributed by atoms with Crippen molar-refractivity contribution in [2.24, 2.45) is 0 Å². The second-order valence-corrected chi connectivity index (χ2v) is 9.44. The molecule has 3 rings (SSSR count). The number of hydrogen-bond donors (Lipinski definition) is 2. The Morgan fingerprint density at radius 2 is 1.87 bits per heavy atom. The largest absolute Gasteiger partial charge is 0.455 e. The van der Waals surface area contributed by atoms with Crippen molar-refractivity contribution in [3.05, 3.63) is 75.1 Å². The third-order valence-corrected chi connectivity index (χ3v) is 6.17. The molecule has 0 aliphatic carbocycles. The number of rotatable bonds is 7. The van der Waals surface area contributed by atoms with Crippen LogP contribution in [0.4, 0.5) is 5.69 Å². The lowest BCUT2D eigenvalue weighted by molar-refractivity contribution is 0.0953. The molecule has 0 saturated heterocycles. The molecule has 1 amide bonds. The van der Waals surface area contributed by atoms with Gasteiger partial charge in [0.15, 0.2) is 0 Å². The van der Waals surface area contributed by atoms with Gasteiger partial charge in [-0.2, -0.15) is 0 Å². The predicted octanol–water partition coefficient (Wildman–Crippen LogP) is 4.68. The molecule has 10 heteroatoms. The summed E-state index contributed by atoms with van der Waals surface area (Å²) >= 11 is 8.03. The molecule has 30 heavy (non-hydrogen) atoms. The Balaban J connectivity index is 1.93. The highest BCUT2D eigenvalue weighted by molar-refractivity contribution is 14.1. The van der Waals surface area contributed by atoms with Crippen LogP contribution in [0.5, 0.6) is 11.5 Å². The van der Waals surface area contributed by atoms with Crippen molar-refractivity contribution >= 4 is 55.8 Å². The fraction of sp³-hybridized carbons (Fsp3) is 0.100. The van der Waals surface area contributed by atoms with Crippen LogP contribution in [0.1, 0.15) is 17.3 Å². The van der Waals surface area contributed by atoms with Gasteiger partial charge in [-0.05, 0) is 72.0 Å². The van der Waals surface area contributed by atoms with Crippen molar-refractivity contribution in [3.8, 4) is 11.5 Å². The Kier molecular flexibility index (Phi) is 7.16. The van der Waals surface area contributed by atoms with Crippen molar-refractivity contribution in [2.45, 2.75) is 11.8 Å². The summed E-state index contributed by atoms with van der Waals surface area (Å²) in [5.74, 6) is 0.181. The van der Waals surface area contributed by atoms with E-state index in [0.717, 1.165) is 3.57 Å². The van der Waals surface area contributed by atoms with Gasteiger partial charge in [-0.15, -0.1) is 0 Å². The standard InChI is InChI=1S/C20H17ClIN3O4S/c1-2-24-20(26)18-10-15(25-30(27,28)17-6-3-14(22)4-7-17)5-8-19(18)29-16-9-13(21)11-23-12-16/h3-12,25H,2H2,1H3,(H,24,26). The number of halogens is 2. The summed E-state index contributed by atoms with van der Waals surface area (Å²) in [5.41, 5.74) is 0.394. The Bertz CT molecular complexity index is 1170. The molecule has 0 atom stereocenters. The lowest BCUT2D eigenvalue weighted by Crippen LogP contribution is -2.23. The summed E-state index contributed by atoms with van der Waals surface area (Å²) in [4.78, 5) is 16.6. The van der Waals surface area contributed by atoms with Crippen molar-refractivity contribution in [3.63, 3.8) is 0 Å². The second-order valence-electron chi connectivity index (χ2n) is 6.07. The van der Waals surface area contributed by atoms with Crippen molar-refractivity contribution in [1.82, 2.24) is 10.3 Å². The summed E-state index contributed by atoms with van der Waals surface area (Å²) in [6.45, 7) is 2.18. The van der Waals surface area contributed by atoms with E-state index >= 15 is 0 Å². The van der Waals surface area contributed by atoms with Gasteiger partial charge >= 0.3 is 0 Å². The van der Waals surface area contributed by atoms with Crippen LogP contribution in [0, 0.1) is 3.57 Å². The van der Waals surface area contributed by atoms with Crippen LogP contribution in [0.25, 0.3) is 0 Å². The number of amides is 1. The highest BCUT2D eigenvalue weighted by atomic mass is 127. The smallest absolute Gasteiger partial charge is 0.261 e. The maximum absolute atomic E-state index is 12.7. The summed E-state index contributed by atoms with van der Waals surface area (Å²) in [5, 5.41) is 3.07. The zero-order valence-corrected chi connectivity index (χ0v) is 19.5. The third-order valence-electron chi connectivity index (χ3n) is 3.85. The highest BCUT2D eigenvalue weighted by Crippen LogP contribution is 2.30. The molecule has 2 N–H and O–H groups in total. The van der Waals surface area contributed by atoms with Gasteiger partial charge in [0.25, 0.3) is 15.9 Å². The van der Waals surface area contributed by atoms with Crippen molar-refractivity contribution < 1.29 is 17.9 Å². The van der Waals surface area contributed by atoms with Crippen LogP contribution in [0.2, 0.25) is 5.02 Å². The number of sulfonamides is 1. The minimum atomic E-state index is -3.82. The monoisotopic (exact) mass is 557 g/mol. The number of hydrogen-bond acceptors (Lipinski definition) is 5. The van der Waals surface area contributed by atoms with Gasteiger partial charge in [-0.25, -0.2) is 8.42 Å². The zero-order valence-electron chi connectivity index (χ0n) is 15.7. The molecule has 0 bridgehead atoms. The molecular formula is C20H17ClIN3O4S. The van der Waals surface area contributed by atoms with Crippen LogP contribution in [0.3, 0.4) is 0 Å². The van der Waals surface area contributed by atoms with E-state index in [1.54, 1.807) is 25.1 Å². The maximum atomic E-state index is 12.7. The molecule has 0 aliphatic heterocycles. The maximum Gasteiger partial charge on any atom is 0.261 e. The number of aromatic nitrogens is 1. The third kappa shape index (κ3) is 5.61. The summed E-state index contributed by atoms with van der Waals surface area (Å²) in [6.07, 6.45) is 2.92. The van der Waals surface area contributed by atoms with Gasteiger partial charge in [-0.1, -0.05) is 11.6 Å². The SMILES string of the molecule is CCNC(=O)c1cc(NS(=O)(=O)c2ccc(I)cc2)ccc1Oc1cncc(Cl)c1. The fourth-order valence-electron chi connectivity index (χ4n) is 2.52. The molecule has 3 aromatic rings. The molecule has 0 aliphatic rings. The average molecular weight is 558 g/mol. The molecule has 156 valence electrons. The number of carbonyl (C=O) groups is 1. The normalized spacial score (nSPS) is 11.0. The zero-order chi connectivity index (χ0) is 21.7. The van der Waals surface area contributed by atoms with E-state index in [0.29, 0.717) is 17.3 Å². The number of ether oxygens (including phenoxy) is 1. The van der Waals surface area contributed by atoms with Crippen LogP contribution >= 0.6 is 34.2 Å². The van der Waals surface area contributed by atoms with Crippen LogP contribution in [-0.4, -0.2) is 25.9 Å². The van der Waals surface area contributed by atoms with E-state index in [9.17, 15) is 13.2 Å². The molecule has 0 saturated carbocycles. The highest BCUT2D eigenvalue weighted by Gasteiger charge is 2.18. The lowest BCUT2D eigenvalue weighted by Gasteiger charge is -2.14. The Morgan fingerprint density at radius 3 is 2.53 bits per heavy atom. The minimum Gasteiger partial charge on any atom is -0.455 e. The molecule has 7 nitrogen and oxygen atoms in total. The van der Waals surface area contributed by atoms with Gasteiger partial charge in [0.1, 0.15) is 11.5 Å². The number of pyridine rings is 1. The molecule has 1 heterocycles. The van der Waals surface area contributed by atoms with Crippen molar-refractivity contribution in [2.75, 3.05) is 11.3 Å². The molecule has 0 fully saturated rings. The average Bonchev–Trinajstić information content (AvgIpc) is 2.69. The first-order valence-electron chi connectivity index (χ1n) is 8.77. The minimum absolute atomic E-state index is 0.118. The molecule has 1 aromatic heterocycles. The summed E-state index contributed by atoms with van der Waals surface area (Å²) in [6, 6.07) is 12.4. The first-order valence-corrected chi connectivity index (χ1v) is 11.7. The van der Waals surface area contributed by atoms with E-state index < -0.39 is 15.9 Å². The number of carbonyl (C=O) groups excluding carboxylic acids is 1. The predicted molar refractivity (Wildman–Crippen MR) is 124 cm³/mol. The van der Waals surface area contributed by atoms with Gasteiger partial charge in [-0.3, -0.25) is 14.5 Å². The Hall–Kier alpha value is -2.37. The van der Waals surface area contributed by atoms with E-state index in [-0.39, 0.29) is 21.9 Å². The quantitative estimate of drug-likeness (QED) is 0.411. The number of nitrogens with one attached hydrogen (secondary N) is 2. The molecule has 2 aromatic carbocycles. The fourth-order valence-corrected chi connectivity index (χ4v) is 4.09. The number of nitrogens with zero attached hydrogens (tertiary/aromatic N) is 1. The van der Waals surface area contributed by atoms with E-state index in [2.05, 4.69) is 37.6 Å². The lowest BCUT2D eigenvalue weighted by atomic mass is 10.1. The topological polar surface area (TPSA) is 97.4 Å². The first-order chi connectivity index (χ1) is 14.3. The van der Waals surface area contributed by atoms with Crippen molar-refractivity contribution in [1.29, 1.82) is 0 Å². The number of benzene rings is 2.